The van der Waals surface area contributed by atoms with E-state index in [0.717, 1.165) is 35.8 Å². The number of ether oxygens (including phenoxy) is 2. The van der Waals surface area contributed by atoms with Crippen LogP contribution in [0.15, 0.2) is 29.6 Å². The molecule has 23 heavy (non-hydrogen) atoms. The molecule has 1 aromatic heterocycles. The summed E-state index contributed by atoms with van der Waals surface area (Å²) in [5.74, 6) is 0.656. The molecule has 0 saturated carbocycles. The summed E-state index contributed by atoms with van der Waals surface area (Å²) in [5, 5.41) is 5.42. The standard InChI is InChI=1S/C17H20N2O3S/c1-12-4-2-5-13(8-12)22-10-16-19-15(11-23-16)17(20)18-9-14-6-3-7-21-14/h2,4-5,8,11,14H,3,6-7,9-10H2,1H3,(H,18,20)/t14-/m0/s1. The van der Waals surface area contributed by atoms with Gasteiger partial charge in [0.2, 0.25) is 0 Å². The first-order valence-electron chi connectivity index (χ1n) is 7.74. The Hall–Kier alpha value is -1.92. The lowest BCUT2D eigenvalue weighted by Crippen LogP contribution is -2.31. The van der Waals surface area contributed by atoms with Gasteiger partial charge in [-0.05, 0) is 37.5 Å². The molecular weight excluding hydrogens is 312 g/mol. The third kappa shape index (κ3) is 4.53. The molecule has 5 nitrogen and oxygen atoms in total. The van der Waals surface area contributed by atoms with Gasteiger partial charge in [0.1, 0.15) is 23.1 Å². The van der Waals surface area contributed by atoms with Crippen molar-refractivity contribution in [3.05, 3.63) is 45.9 Å². The van der Waals surface area contributed by atoms with Crippen molar-refractivity contribution in [2.75, 3.05) is 13.2 Å². The molecule has 1 saturated heterocycles. The summed E-state index contributed by atoms with van der Waals surface area (Å²) >= 11 is 1.43. The van der Waals surface area contributed by atoms with Crippen molar-refractivity contribution in [2.24, 2.45) is 0 Å². The molecule has 6 heteroatoms. The highest BCUT2D eigenvalue weighted by Gasteiger charge is 2.17. The molecule has 3 rings (SSSR count). The summed E-state index contributed by atoms with van der Waals surface area (Å²) in [4.78, 5) is 16.4. The molecule has 1 atom stereocenters. The number of carbonyl (C=O) groups excluding carboxylic acids is 1. The molecule has 1 aliphatic heterocycles. The number of hydrogen-bond acceptors (Lipinski definition) is 5. The first kappa shape index (κ1) is 16.0. The Morgan fingerprint density at radius 3 is 3.22 bits per heavy atom. The van der Waals surface area contributed by atoms with Gasteiger partial charge in [0.25, 0.3) is 5.91 Å². The zero-order chi connectivity index (χ0) is 16.1. The van der Waals surface area contributed by atoms with Crippen LogP contribution in [0.2, 0.25) is 0 Å². The number of benzene rings is 1. The smallest absolute Gasteiger partial charge is 0.270 e. The van der Waals surface area contributed by atoms with E-state index in [1.165, 1.54) is 11.3 Å². The van der Waals surface area contributed by atoms with Gasteiger partial charge in [-0.3, -0.25) is 4.79 Å². The molecule has 1 N–H and O–H groups in total. The van der Waals surface area contributed by atoms with Crippen LogP contribution < -0.4 is 10.1 Å². The van der Waals surface area contributed by atoms with Gasteiger partial charge in [-0.15, -0.1) is 11.3 Å². The summed E-state index contributed by atoms with van der Waals surface area (Å²) < 4.78 is 11.2. The van der Waals surface area contributed by atoms with Crippen LogP contribution >= 0.6 is 11.3 Å². The fraction of sp³-hybridized carbons (Fsp3) is 0.412. The van der Waals surface area contributed by atoms with Crippen LogP contribution in [0, 0.1) is 6.92 Å². The third-order valence-corrected chi connectivity index (χ3v) is 4.47. The van der Waals surface area contributed by atoms with E-state index < -0.39 is 0 Å². The van der Waals surface area contributed by atoms with Gasteiger partial charge in [0.05, 0.1) is 6.10 Å². The van der Waals surface area contributed by atoms with E-state index in [0.29, 0.717) is 18.8 Å². The maximum absolute atomic E-state index is 12.1. The number of thiazole rings is 1. The molecular formula is C17H20N2O3S. The van der Waals surface area contributed by atoms with Crippen molar-refractivity contribution >= 4 is 17.2 Å². The second-order valence-corrected chi connectivity index (χ2v) is 6.52. The first-order valence-corrected chi connectivity index (χ1v) is 8.62. The van der Waals surface area contributed by atoms with Crippen LogP contribution in [-0.4, -0.2) is 30.1 Å². The lowest BCUT2D eigenvalue weighted by atomic mass is 10.2. The molecule has 122 valence electrons. The molecule has 0 unspecified atom stereocenters. The number of hydrogen-bond donors (Lipinski definition) is 1. The molecule has 0 spiro atoms. The van der Waals surface area contributed by atoms with Gasteiger partial charge >= 0.3 is 0 Å². The Bertz CT molecular complexity index is 665. The number of nitrogens with zero attached hydrogens (tertiary/aromatic N) is 1. The van der Waals surface area contributed by atoms with Crippen molar-refractivity contribution < 1.29 is 14.3 Å². The number of aryl methyl sites for hydroxylation is 1. The summed E-state index contributed by atoms with van der Waals surface area (Å²) in [6, 6.07) is 7.86. The quantitative estimate of drug-likeness (QED) is 0.883. The Kier molecular flexibility index (Phi) is 5.25. The van der Waals surface area contributed by atoms with Crippen molar-refractivity contribution in [1.29, 1.82) is 0 Å². The monoisotopic (exact) mass is 332 g/mol. The van der Waals surface area contributed by atoms with Crippen molar-refractivity contribution in [1.82, 2.24) is 10.3 Å². The molecule has 2 aromatic rings. The second-order valence-electron chi connectivity index (χ2n) is 5.58. The SMILES string of the molecule is Cc1cccc(OCc2nc(C(=O)NC[C@@H]3CCCO3)cs2)c1. The van der Waals surface area contributed by atoms with Gasteiger partial charge in [-0.25, -0.2) is 4.98 Å². The van der Waals surface area contributed by atoms with E-state index >= 15 is 0 Å². The predicted molar refractivity (Wildman–Crippen MR) is 88.9 cm³/mol. The van der Waals surface area contributed by atoms with E-state index in [4.69, 9.17) is 9.47 Å². The molecule has 1 fully saturated rings. The average Bonchev–Trinajstić information content (AvgIpc) is 3.22. The maximum atomic E-state index is 12.1. The van der Waals surface area contributed by atoms with Crippen LogP contribution in [0.4, 0.5) is 0 Å². The zero-order valence-corrected chi connectivity index (χ0v) is 13.9. The molecule has 0 bridgehead atoms. The maximum Gasteiger partial charge on any atom is 0.270 e. The van der Waals surface area contributed by atoms with Crippen LogP contribution in [0.3, 0.4) is 0 Å². The van der Waals surface area contributed by atoms with Gasteiger partial charge in [0, 0.05) is 18.5 Å². The topological polar surface area (TPSA) is 60.5 Å². The highest BCUT2D eigenvalue weighted by molar-refractivity contribution is 7.09. The molecule has 2 heterocycles. The van der Waals surface area contributed by atoms with E-state index in [-0.39, 0.29) is 12.0 Å². The normalized spacial score (nSPS) is 17.2. The largest absolute Gasteiger partial charge is 0.486 e. The molecule has 1 aromatic carbocycles. The van der Waals surface area contributed by atoms with Crippen LogP contribution in [0.25, 0.3) is 0 Å². The zero-order valence-electron chi connectivity index (χ0n) is 13.1. The van der Waals surface area contributed by atoms with Gasteiger partial charge in [-0.1, -0.05) is 12.1 Å². The van der Waals surface area contributed by atoms with Crippen molar-refractivity contribution in [2.45, 2.75) is 32.5 Å². The molecule has 1 amide bonds. The highest BCUT2D eigenvalue weighted by atomic mass is 32.1. The number of amides is 1. The summed E-state index contributed by atoms with van der Waals surface area (Å²) in [7, 11) is 0. The third-order valence-electron chi connectivity index (χ3n) is 3.65. The second kappa shape index (κ2) is 7.57. The van der Waals surface area contributed by atoms with E-state index in [9.17, 15) is 4.79 Å². The predicted octanol–water partition coefficient (Wildman–Crippen LogP) is 2.94. The Balaban J connectivity index is 1.49. The van der Waals surface area contributed by atoms with E-state index in [2.05, 4.69) is 10.3 Å². The van der Waals surface area contributed by atoms with E-state index in [1.54, 1.807) is 5.38 Å². The van der Waals surface area contributed by atoms with Gasteiger partial charge < -0.3 is 14.8 Å². The molecule has 0 radical (unpaired) electrons. The van der Waals surface area contributed by atoms with Crippen molar-refractivity contribution in [3.63, 3.8) is 0 Å². The number of nitrogens with one attached hydrogen (secondary N) is 1. The van der Waals surface area contributed by atoms with Crippen LogP contribution in [0.5, 0.6) is 5.75 Å². The van der Waals surface area contributed by atoms with Gasteiger partial charge in [-0.2, -0.15) is 0 Å². The number of carbonyl (C=O) groups is 1. The molecule has 1 aliphatic rings. The lowest BCUT2D eigenvalue weighted by molar-refractivity contribution is 0.0854. The number of aromatic nitrogens is 1. The Morgan fingerprint density at radius 1 is 1.52 bits per heavy atom. The Labute approximate surface area is 139 Å². The Morgan fingerprint density at radius 2 is 2.43 bits per heavy atom. The van der Waals surface area contributed by atoms with E-state index in [1.807, 2.05) is 31.2 Å². The first-order chi connectivity index (χ1) is 11.2. The molecule has 0 aliphatic carbocycles. The summed E-state index contributed by atoms with van der Waals surface area (Å²) in [6.07, 6.45) is 2.21. The minimum atomic E-state index is -0.154. The summed E-state index contributed by atoms with van der Waals surface area (Å²) in [6.45, 7) is 3.73. The number of rotatable bonds is 6. The van der Waals surface area contributed by atoms with Crippen molar-refractivity contribution in [3.8, 4) is 5.75 Å². The summed E-state index contributed by atoms with van der Waals surface area (Å²) in [5.41, 5.74) is 1.59. The van der Waals surface area contributed by atoms with Crippen LogP contribution in [0.1, 0.15) is 33.9 Å². The fourth-order valence-electron chi connectivity index (χ4n) is 2.43. The highest BCUT2D eigenvalue weighted by Crippen LogP contribution is 2.17. The average molecular weight is 332 g/mol. The minimum absolute atomic E-state index is 0.140. The van der Waals surface area contributed by atoms with Gasteiger partial charge in [0.15, 0.2) is 0 Å². The van der Waals surface area contributed by atoms with Crippen LogP contribution in [-0.2, 0) is 11.3 Å². The lowest BCUT2D eigenvalue weighted by Gasteiger charge is -2.09. The fourth-order valence-corrected chi connectivity index (χ4v) is 3.12. The minimum Gasteiger partial charge on any atom is -0.486 e.